The van der Waals surface area contributed by atoms with E-state index < -0.39 is 0 Å². The molecule has 2 nitrogen and oxygen atoms in total. The molecule has 0 saturated carbocycles. The van der Waals surface area contributed by atoms with E-state index >= 15 is 0 Å². The lowest BCUT2D eigenvalue weighted by molar-refractivity contribution is 0.0980. The second-order valence-corrected chi connectivity index (χ2v) is 5.60. The molecule has 0 aliphatic rings. The van der Waals surface area contributed by atoms with Crippen LogP contribution in [-0.4, -0.2) is 12.9 Å². The van der Waals surface area contributed by atoms with Crippen LogP contribution in [0.3, 0.4) is 0 Å². The first-order chi connectivity index (χ1) is 8.70. The summed E-state index contributed by atoms with van der Waals surface area (Å²) in [5.74, 6) is 0.741. The highest BCUT2D eigenvalue weighted by Gasteiger charge is 2.12. The number of hydrogen-bond donors (Lipinski definition) is 0. The number of aryl methyl sites for hydroxylation is 1. The number of rotatable bonds is 5. The van der Waals surface area contributed by atoms with Crippen LogP contribution in [0.2, 0.25) is 0 Å². The van der Waals surface area contributed by atoms with Gasteiger partial charge in [-0.2, -0.15) is 11.3 Å². The molecule has 18 heavy (non-hydrogen) atoms. The van der Waals surface area contributed by atoms with Crippen molar-refractivity contribution in [2.24, 2.45) is 0 Å². The second-order valence-electron chi connectivity index (χ2n) is 3.90. The van der Waals surface area contributed by atoms with E-state index in [0.717, 1.165) is 10.9 Å². The number of methoxy groups -OCH3 is 1. The summed E-state index contributed by atoms with van der Waals surface area (Å²) in [6.07, 6.45) is 1.29. The topological polar surface area (TPSA) is 26.3 Å². The van der Waals surface area contributed by atoms with E-state index in [0.29, 0.717) is 17.7 Å². The Morgan fingerprint density at radius 2 is 2.22 bits per heavy atom. The first kappa shape index (κ1) is 13.3. The van der Waals surface area contributed by atoms with Crippen LogP contribution in [0.4, 0.5) is 0 Å². The largest absolute Gasteiger partial charge is 0.496 e. The first-order valence-electron chi connectivity index (χ1n) is 5.58. The number of benzene rings is 1. The molecule has 4 heteroatoms. The molecule has 94 valence electrons. The normalized spacial score (nSPS) is 10.3. The summed E-state index contributed by atoms with van der Waals surface area (Å²) in [6, 6.07) is 7.54. The SMILES string of the molecule is COc1cc(Br)ccc1C(=O)CCc1ccsc1. The van der Waals surface area contributed by atoms with E-state index in [1.165, 1.54) is 5.56 Å². The Bertz CT molecular complexity index is 535. The third kappa shape index (κ3) is 3.21. The first-order valence-corrected chi connectivity index (χ1v) is 7.32. The second kappa shape index (κ2) is 6.16. The van der Waals surface area contributed by atoms with Crippen molar-refractivity contribution in [2.75, 3.05) is 7.11 Å². The highest BCUT2D eigenvalue weighted by atomic mass is 79.9. The van der Waals surface area contributed by atoms with E-state index in [-0.39, 0.29) is 5.78 Å². The van der Waals surface area contributed by atoms with Crippen LogP contribution < -0.4 is 4.74 Å². The molecule has 0 aliphatic heterocycles. The van der Waals surface area contributed by atoms with Crippen LogP contribution in [-0.2, 0) is 6.42 Å². The Labute approximate surface area is 119 Å². The molecule has 0 bridgehead atoms. The molecular formula is C14H13BrO2S. The summed E-state index contributed by atoms with van der Waals surface area (Å²) < 4.78 is 6.15. The van der Waals surface area contributed by atoms with E-state index in [1.54, 1.807) is 24.5 Å². The smallest absolute Gasteiger partial charge is 0.166 e. The highest BCUT2D eigenvalue weighted by molar-refractivity contribution is 9.10. The van der Waals surface area contributed by atoms with Crippen molar-refractivity contribution in [3.63, 3.8) is 0 Å². The van der Waals surface area contributed by atoms with Crippen LogP contribution in [0, 0.1) is 0 Å². The zero-order valence-corrected chi connectivity index (χ0v) is 12.4. The molecule has 0 radical (unpaired) electrons. The van der Waals surface area contributed by atoms with E-state index in [4.69, 9.17) is 4.74 Å². The summed E-state index contributed by atoms with van der Waals surface area (Å²) in [4.78, 5) is 12.1. The average Bonchev–Trinajstić information content (AvgIpc) is 2.88. The molecule has 0 N–H and O–H groups in total. The van der Waals surface area contributed by atoms with Crippen LogP contribution in [0.25, 0.3) is 0 Å². The van der Waals surface area contributed by atoms with Gasteiger partial charge in [-0.15, -0.1) is 0 Å². The molecule has 0 aliphatic carbocycles. The fourth-order valence-corrected chi connectivity index (χ4v) is 2.77. The van der Waals surface area contributed by atoms with Gasteiger partial charge in [-0.05, 0) is 47.0 Å². The van der Waals surface area contributed by atoms with E-state index in [2.05, 4.69) is 27.4 Å². The van der Waals surface area contributed by atoms with Gasteiger partial charge in [-0.3, -0.25) is 4.79 Å². The molecule has 1 aromatic carbocycles. The van der Waals surface area contributed by atoms with Crippen LogP contribution in [0.5, 0.6) is 5.75 Å². The predicted octanol–water partition coefficient (Wildman–Crippen LogP) is 4.33. The van der Waals surface area contributed by atoms with Crippen LogP contribution in [0.15, 0.2) is 39.5 Å². The molecule has 0 amide bonds. The Balaban J connectivity index is 2.09. The number of ketones is 1. The van der Waals surface area contributed by atoms with Gasteiger partial charge in [0.05, 0.1) is 12.7 Å². The standard InChI is InChI=1S/C14H13BrO2S/c1-17-14-8-11(15)3-4-12(14)13(16)5-2-10-6-7-18-9-10/h3-4,6-9H,2,5H2,1H3. The van der Waals surface area contributed by atoms with Crippen molar-refractivity contribution in [1.82, 2.24) is 0 Å². The van der Waals surface area contributed by atoms with Crippen molar-refractivity contribution in [3.8, 4) is 5.75 Å². The fourth-order valence-electron chi connectivity index (χ4n) is 1.72. The van der Waals surface area contributed by atoms with Gasteiger partial charge in [-0.1, -0.05) is 15.9 Å². The predicted molar refractivity (Wildman–Crippen MR) is 77.7 cm³/mol. The zero-order chi connectivity index (χ0) is 13.0. The maximum atomic E-state index is 12.1. The van der Waals surface area contributed by atoms with E-state index in [9.17, 15) is 4.79 Å². The molecule has 2 rings (SSSR count). The lowest BCUT2D eigenvalue weighted by atomic mass is 10.0. The molecule has 1 aromatic heterocycles. The minimum absolute atomic E-state index is 0.116. The number of ether oxygens (including phenoxy) is 1. The number of halogens is 1. The lowest BCUT2D eigenvalue weighted by Gasteiger charge is -2.07. The zero-order valence-electron chi connectivity index (χ0n) is 9.98. The van der Waals surface area contributed by atoms with Gasteiger partial charge in [0.1, 0.15) is 5.75 Å². The maximum absolute atomic E-state index is 12.1. The summed E-state index contributed by atoms with van der Waals surface area (Å²) in [5, 5.41) is 4.10. The van der Waals surface area contributed by atoms with Crippen molar-refractivity contribution in [2.45, 2.75) is 12.8 Å². The molecule has 1 heterocycles. The third-order valence-electron chi connectivity index (χ3n) is 2.68. The van der Waals surface area contributed by atoms with Crippen molar-refractivity contribution >= 4 is 33.0 Å². The summed E-state index contributed by atoms with van der Waals surface area (Å²) in [7, 11) is 1.58. The third-order valence-corrected chi connectivity index (χ3v) is 3.91. The van der Waals surface area contributed by atoms with Gasteiger partial charge in [0, 0.05) is 10.9 Å². The maximum Gasteiger partial charge on any atom is 0.166 e. The molecule has 0 atom stereocenters. The van der Waals surface area contributed by atoms with Gasteiger partial charge in [0.15, 0.2) is 5.78 Å². The number of Topliss-reactive ketones (excluding diaryl/α,β-unsaturated/α-hetero) is 1. The summed E-state index contributed by atoms with van der Waals surface area (Å²) >= 11 is 5.02. The molecule has 0 saturated heterocycles. The Hall–Kier alpha value is -1.13. The number of carbonyl (C=O) groups is 1. The number of thiophene rings is 1. The van der Waals surface area contributed by atoms with Gasteiger partial charge in [0.25, 0.3) is 0 Å². The molecule has 0 spiro atoms. The molecule has 0 fully saturated rings. The van der Waals surface area contributed by atoms with Gasteiger partial charge >= 0.3 is 0 Å². The number of hydrogen-bond acceptors (Lipinski definition) is 3. The van der Waals surface area contributed by atoms with Crippen molar-refractivity contribution in [3.05, 3.63) is 50.6 Å². The number of carbonyl (C=O) groups excluding carboxylic acids is 1. The Morgan fingerprint density at radius 3 is 2.89 bits per heavy atom. The van der Waals surface area contributed by atoms with Gasteiger partial charge in [0.2, 0.25) is 0 Å². The molecule has 2 aromatic rings. The van der Waals surface area contributed by atoms with Crippen molar-refractivity contribution in [1.29, 1.82) is 0 Å². The molecule has 0 unspecified atom stereocenters. The summed E-state index contributed by atoms with van der Waals surface area (Å²) in [5.41, 5.74) is 1.86. The summed E-state index contributed by atoms with van der Waals surface area (Å²) in [6.45, 7) is 0. The Kier molecular flexibility index (Phi) is 4.55. The quantitative estimate of drug-likeness (QED) is 0.765. The minimum atomic E-state index is 0.116. The van der Waals surface area contributed by atoms with Crippen LogP contribution >= 0.6 is 27.3 Å². The van der Waals surface area contributed by atoms with Gasteiger partial charge < -0.3 is 4.74 Å². The molecular weight excluding hydrogens is 312 g/mol. The van der Waals surface area contributed by atoms with Gasteiger partial charge in [-0.25, -0.2) is 0 Å². The fraction of sp³-hybridized carbons (Fsp3) is 0.214. The highest BCUT2D eigenvalue weighted by Crippen LogP contribution is 2.25. The van der Waals surface area contributed by atoms with Crippen LogP contribution in [0.1, 0.15) is 22.3 Å². The minimum Gasteiger partial charge on any atom is -0.496 e. The average molecular weight is 325 g/mol. The lowest BCUT2D eigenvalue weighted by Crippen LogP contribution is -2.03. The monoisotopic (exact) mass is 324 g/mol. The van der Waals surface area contributed by atoms with E-state index in [1.807, 2.05) is 17.5 Å². The van der Waals surface area contributed by atoms with Crippen molar-refractivity contribution < 1.29 is 9.53 Å². The Morgan fingerprint density at radius 1 is 1.39 bits per heavy atom.